The Balaban J connectivity index is 1.63. The summed E-state index contributed by atoms with van der Waals surface area (Å²) in [5.41, 5.74) is 1.73. The van der Waals surface area contributed by atoms with Gasteiger partial charge in [0.2, 0.25) is 0 Å². The van der Waals surface area contributed by atoms with E-state index in [0.717, 1.165) is 23.6 Å². The Bertz CT molecular complexity index is 770. The molecule has 6 nitrogen and oxygen atoms in total. The highest BCUT2D eigenvalue weighted by atomic mass is 35.5. The fourth-order valence-corrected chi connectivity index (χ4v) is 2.97. The van der Waals surface area contributed by atoms with Crippen LogP contribution in [0.15, 0.2) is 54.6 Å². The number of nitrogens with zero attached hydrogens (tertiary/aromatic N) is 1. The number of carbonyl (C=O) groups is 2. The van der Waals surface area contributed by atoms with Gasteiger partial charge in [0, 0.05) is 25.8 Å². The van der Waals surface area contributed by atoms with Gasteiger partial charge in [-0.05, 0) is 30.7 Å². The van der Waals surface area contributed by atoms with Crippen molar-refractivity contribution in [1.82, 2.24) is 5.32 Å². The third kappa shape index (κ3) is 7.58. The lowest BCUT2D eigenvalue weighted by atomic mass is 10.3. The number of benzene rings is 2. The summed E-state index contributed by atoms with van der Waals surface area (Å²) in [7, 11) is 3.85. The van der Waals surface area contributed by atoms with Gasteiger partial charge in [0.15, 0.2) is 13.1 Å². The van der Waals surface area contributed by atoms with Gasteiger partial charge in [-0.2, -0.15) is 0 Å². The predicted octanol–water partition coefficient (Wildman–Crippen LogP) is 1.44. The normalized spacial score (nSPS) is 11.5. The summed E-state index contributed by atoms with van der Waals surface area (Å²) in [6.07, 6.45) is 0.850. The Morgan fingerprint density at radius 3 is 2.36 bits per heavy atom. The lowest BCUT2D eigenvalue weighted by Gasteiger charge is -2.19. The molecular formula is C21H28ClN4O2+. The standard InChI is InChI=1S/C21H27ClN4O2/c1-25(16-21(28)24-19-12-7-6-11-18(19)22)15-20(27)23-13-8-14-26(2)17-9-4-3-5-10-17/h3-7,9-12H,8,13-16H2,1-2H3,(H,23,27)(H,24,28)/p+1. The number of rotatable bonds is 10. The van der Waals surface area contributed by atoms with Gasteiger partial charge in [-0.25, -0.2) is 0 Å². The third-order valence-electron chi connectivity index (χ3n) is 4.26. The molecule has 0 aliphatic rings. The zero-order valence-electron chi connectivity index (χ0n) is 16.4. The number of amides is 2. The van der Waals surface area contributed by atoms with Crippen LogP contribution in [0.4, 0.5) is 11.4 Å². The molecule has 3 N–H and O–H groups in total. The molecule has 150 valence electrons. The van der Waals surface area contributed by atoms with Crippen molar-refractivity contribution in [2.45, 2.75) is 6.42 Å². The second kappa shape index (κ2) is 11.3. The number of carbonyl (C=O) groups excluding carboxylic acids is 2. The number of nitrogens with one attached hydrogen (secondary N) is 3. The Labute approximate surface area is 171 Å². The summed E-state index contributed by atoms with van der Waals surface area (Å²) in [6.45, 7) is 1.89. The van der Waals surface area contributed by atoms with Crippen LogP contribution in [0, 0.1) is 0 Å². The first-order valence-corrected chi connectivity index (χ1v) is 9.72. The van der Waals surface area contributed by atoms with Gasteiger partial charge >= 0.3 is 0 Å². The van der Waals surface area contributed by atoms with Gasteiger partial charge in [-0.15, -0.1) is 0 Å². The molecule has 0 aliphatic heterocycles. The van der Waals surface area contributed by atoms with Crippen LogP contribution in [0.3, 0.4) is 0 Å². The molecule has 7 heteroatoms. The minimum absolute atomic E-state index is 0.0644. The molecule has 28 heavy (non-hydrogen) atoms. The maximum atomic E-state index is 12.1. The molecule has 1 unspecified atom stereocenters. The minimum Gasteiger partial charge on any atom is -0.375 e. The smallest absolute Gasteiger partial charge is 0.279 e. The van der Waals surface area contributed by atoms with Crippen LogP contribution in [0.5, 0.6) is 0 Å². The zero-order chi connectivity index (χ0) is 20.4. The van der Waals surface area contributed by atoms with Crippen LogP contribution < -0.4 is 20.4 Å². The van der Waals surface area contributed by atoms with Crippen LogP contribution in [0.2, 0.25) is 5.02 Å². The average molecular weight is 404 g/mol. The van der Waals surface area contributed by atoms with E-state index in [0.29, 0.717) is 17.3 Å². The number of quaternary nitrogens is 1. The molecule has 0 spiro atoms. The lowest BCUT2D eigenvalue weighted by molar-refractivity contribution is -0.862. The molecule has 0 aliphatic carbocycles. The Hall–Kier alpha value is -2.57. The fraction of sp³-hybridized carbons (Fsp3) is 0.333. The number of hydrogen-bond donors (Lipinski definition) is 3. The van der Waals surface area contributed by atoms with Gasteiger partial charge in [0.25, 0.3) is 11.8 Å². The van der Waals surface area contributed by atoms with E-state index in [2.05, 4.69) is 27.7 Å². The van der Waals surface area contributed by atoms with Crippen LogP contribution in [-0.4, -0.2) is 52.1 Å². The van der Waals surface area contributed by atoms with E-state index in [4.69, 9.17) is 11.6 Å². The summed E-state index contributed by atoms with van der Waals surface area (Å²) in [5, 5.41) is 6.17. The first kappa shape index (κ1) is 21.7. The van der Waals surface area contributed by atoms with E-state index in [1.54, 1.807) is 24.3 Å². The van der Waals surface area contributed by atoms with Crippen LogP contribution in [-0.2, 0) is 9.59 Å². The van der Waals surface area contributed by atoms with E-state index >= 15 is 0 Å². The highest BCUT2D eigenvalue weighted by Gasteiger charge is 2.14. The molecule has 2 rings (SSSR count). The first-order chi connectivity index (χ1) is 13.5. The van der Waals surface area contributed by atoms with Crippen molar-refractivity contribution in [3.63, 3.8) is 0 Å². The molecule has 0 bridgehead atoms. The molecule has 0 aromatic heterocycles. The zero-order valence-corrected chi connectivity index (χ0v) is 17.1. The molecule has 2 amide bonds. The molecule has 0 saturated heterocycles. The van der Waals surface area contributed by atoms with E-state index in [9.17, 15) is 9.59 Å². The molecular weight excluding hydrogens is 376 g/mol. The summed E-state index contributed by atoms with van der Waals surface area (Å²) in [6, 6.07) is 17.2. The second-order valence-electron chi connectivity index (χ2n) is 6.80. The molecule has 1 atom stereocenters. The number of anilines is 2. The highest BCUT2D eigenvalue weighted by molar-refractivity contribution is 6.33. The Kier molecular flexibility index (Phi) is 8.78. The molecule has 0 saturated carbocycles. The van der Waals surface area contributed by atoms with E-state index in [1.807, 2.05) is 32.3 Å². The number of para-hydroxylation sites is 2. The van der Waals surface area contributed by atoms with Gasteiger partial charge in [-0.1, -0.05) is 41.9 Å². The van der Waals surface area contributed by atoms with E-state index in [1.165, 1.54) is 0 Å². The number of likely N-dealkylation sites (N-methyl/N-ethyl adjacent to an activating group) is 1. The summed E-state index contributed by atoms with van der Waals surface area (Å²) in [4.78, 5) is 27.1. The van der Waals surface area contributed by atoms with Crippen molar-refractivity contribution in [1.29, 1.82) is 0 Å². The van der Waals surface area contributed by atoms with Crippen molar-refractivity contribution in [2.24, 2.45) is 0 Å². The summed E-state index contributed by atoms with van der Waals surface area (Å²) < 4.78 is 0. The minimum atomic E-state index is -0.178. The Morgan fingerprint density at radius 2 is 1.64 bits per heavy atom. The monoisotopic (exact) mass is 403 g/mol. The molecule has 0 radical (unpaired) electrons. The fourth-order valence-electron chi connectivity index (χ4n) is 2.79. The molecule has 2 aromatic rings. The van der Waals surface area contributed by atoms with Crippen LogP contribution in [0.25, 0.3) is 0 Å². The first-order valence-electron chi connectivity index (χ1n) is 9.34. The van der Waals surface area contributed by atoms with Gasteiger partial charge in [-0.3, -0.25) is 9.59 Å². The molecule has 0 heterocycles. The third-order valence-corrected chi connectivity index (χ3v) is 4.59. The summed E-state index contributed by atoms with van der Waals surface area (Å²) >= 11 is 6.03. The molecule has 2 aromatic carbocycles. The summed E-state index contributed by atoms with van der Waals surface area (Å²) in [5.74, 6) is -0.242. The predicted molar refractivity (Wildman–Crippen MR) is 114 cm³/mol. The van der Waals surface area contributed by atoms with Crippen molar-refractivity contribution in [2.75, 3.05) is 50.5 Å². The van der Waals surface area contributed by atoms with Crippen LogP contribution in [0.1, 0.15) is 6.42 Å². The lowest BCUT2D eigenvalue weighted by Crippen LogP contribution is -3.11. The second-order valence-corrected chi connectivity index (χ2v) is 7.21. The van der Waals surface area contributed by atoms with Gasteiger partial charge in [0.05, 0.1) is 17.8 Å². The van der Waals surface area contributed by atoms with Gasteiger partial charge < -0.3 is 20.4 Å². The maximum absolute atomic E-state index is 12.1. The van der Waals surface area contributed by atoms with Crippen molar-refractivity contribution < 1.29 is 14.5 Å². The number of halogens is 1. The molecule has 0 fully saturated rings. The van der Waals surface area contributed by atoms with Gasteiger partial charge in [0.1, 0.15) is 0 Å². The van der Waals surface area contributed by atoms with E-state index < -0.39 is 0 Å². The van der Waals surface area contributed by atoms with Crippen molar-refractivity contribution in [3.8, 4) is 0 Å². The van der Waals surface area contributed by atoms with Crippen molar-refractivity contribution >= 4 is 34.8 Å². The van der Waals surface area contributed by atoms with E-state index in [-0.39, 0.29) is 24.9 Å². The largest absolute Gasteiger partial charge is 0.375 e. The quantitative estimate of drug-likeness (QED) is 0.526. The Morgan fingerprint density at radius 1 is 1.00 bits per heavy atom. The van der Waals surface area contributed by atoms with Crippen molar-refractivity contribution in [3.05, 3.63) is 59.6 Å². The average Bonchev–Trinajstić information content (AvgIpc) is 2.67. The SMILES string of the molecule is CN(CCCNC(=O)C[NH+](C)CC(=O)Nc1ccccc1Cl)c1ccccc1. The highest BCUT2D eigenvalue weighted by Crippen LogP contribution is 2.19. The van der Waals surface area contributed by atoms with Crippen LogP contribution >= 0.6 is 11.6 Å². The number of hydrogen-bond acceptors (Lipinski definition) is 3. The topological polar surface area (TPSA) is 65.9 Å². The maximum Gasteiger partial charge on any atom is 0.279 e.